The molecule has 1 aliphatic carbocycles. The number of carbonyl (C=O) groups excluding carboxylic acids is 1. The molecule has 7 nitrogen and oxygen atoms in total. The van der Waals surface area contributed by atoms with Gasteiger partial charge in [-0.15, -0.1) is 0 Å². The first-order chi connectivity index (χ1) is 14.8. The molecule has 31 heavy (non-hydrogen) atoms. The van der Waals surface area contributed by atoms with E-state index in [1.165, 1.54) is 0 Å². The summed E-state index contributed by atoms with van der Waals surface area (Å²) in [6, 6.07) is 9.34. The Bertz CT molecular complexity index is 986. The lowest BCUT2D eigenvalue weighted by atomic mass is 10.0. The number of rotatable bonds is 6. The van der Waals surface area contributed by atoms with Crippen molar-refractivity contribution in [3.8, 4) is 5.75 Å². The molecule has 164 valence electrons. The Morgan fingerprint density at radius 2 is 2.00 bits per heavy atom. The minimum atomic E-state index is 0.0469. The Labute approximate surface area is 183 Å². The fraction of sp³-hybridized carbons (Fsp3) is 0.458. The van der Waals surface area contributed by atoms with E-state index in [0.29, 0.717) is 35.2 Å². The molecule has 3 N–H and O–H groups in total. The smallest absolute Gasteiger partial charge is 0.226 e. The van der Waals surface area contributed by atoms with Crippen LogP contribution in [-0.2, 0) is 4.79 Å². The van der Waals surface area contributed by atoms with Gasteiger partial charge in [0.05, 0.1) is 11.8 Å². The van der Waals surface area contributed by atoms with Crippen molar-refractivity contribution < 1.29 is 9.53 Å². The molecule has 1 atom stereocenters. The third kappa shape index (κ3) is 4.65. The monoisotopic (exact) mass is 421 g/mol. The lowest BCUT2D eigenvalue weighted by molar-refractivity contribution is -0.134. The third-order valence-electron chi connectivity index (χ3n) is 5.86. The summed E-state index contributed by atoms with van der Waals surface area (Å²) in [5, 5.41) is 8.75. The zero-order chi connectivity index (χ0) is 22.1. The number of piperazine rings is 1. The Balaban J connectivity index is 1.51. The van der Waals surface area contributed by atoms with E-state index < -0.39 is 0 Å². The summed E-state index contributed by atoms with van der Waals surface area (Å²) in [5.74, 6) is 2.07. The van der Waals surface area contributed by atoms with Crippen LogP contribution in [0, 0.1) is 11.3 Å². The summed E-state index contributed by atoms with van der Waals surface area (Å²) in [6.07, 6.45) is 3.84. The molecule has 1 aromatic heterocycles. The van der Waals surface area contributed by atoms with Gasteiger partial charge >= 0.3 is 0 Å². The normalized spacial score (nSPS) is 18.9. The Kier molecular flexibility index (Phi) is 5.85. The van der Waals surface area contributed by atoms with Crippen molar-refractivity contribution in [3.05, 3.63) is 47.7 Å². The topological polar surface area (TPSA) is 95.5 Å². The van der Waals surface area contributed by atoms with Crippen LogP contribution in [0.1, 0.15) is 44.7 Å². The fourth-order valence-corrected chi connectivity index (χ4v) is 4.06. The summed E-state index contributed by atoms with van der Waals surface area (Å²) in [7, 11) is 0. The van der Waals surface area contributed by atoms with Crippen LogP contribution in [0.4, 0.5) is 11.5 Å². The number of benzene rings is 1. The van der Waals surface area contributed by atoms with Gasteiger partial charge in [-0.05, 0) is 63.9 Å². The molecule has 2 aliphatic rings. The first kappa shape index (κ1) is 21.2. The second kappa shape index (κ2) is 8.57. The maximum Gasteiger partial charge on any atom is 0.226 e. The van der Waals surface area contributed by atoms with E-state index in [9.17, 15) is 4.79 Å². The average molecular weight is 422 g/mol. The van der Waals surface area contributed by atoms with Crippen molar-refractivity contribution in [1.82, 2.24) is 9.88 Å². The van der Waals surface area contributed by atoms with Crippen molar-refractivity contribution >= 4 is 23.1 Å². The van der Waals surface area contributed by atoms with E-state index in [1.54, 1.807) is 12.3 Å². The Morgan fingerprint density at radius 3 is 2.68 bits per heavy atom. The van der Waals surface area contributed by atoms with Crippen LogP contribution in [0.25, 0.3) is 0 Å². The van der Waals surface area contributed by atoms with Crippen LogP contribution >= 0.6 is 0 Å². The summed E-state index contributed by atoms with van der Waals surface area (Å²) in [4.78, 5) is 21.2. The van der Waals surface area contributed by atoms with Crippen LogP contribution < -0.4 is 15.4 Å². The quantitative estimate of drug-likeness (QED) is 0.551. The number of hydrogen-bond acceptors (Lipinski definition) is 6. The SMILES string of the molecule is CC(C)Oc1ccc(N)c(C(=N)c2ccnc(N3CCN(C(=O)C4CC4)C(C)C3)c2)c1. The molecule has 1 aromatic carbocycles. The van der Waals surface area contributed by atoms with Gasteiger partial charge in [0.25, 0.3) is 0 Å². The molecule has 1 saturated carbocycles. The predicted octanol–water partition coefficient (Wildman–Crippen LogP) is 3.31. The molecule has 1 amide bonds. The van der Waals surface area contributed by atoms with Crippen LogP contribution in [0.2, 0.25) is 0 Å². The molecular weight excluding hydrogens is 390 g/mol. The first-order valence-electron chi connectivity index (χ1n) is 11.0. The fourth-order valence-electron chi connectivity index (χ4n) is 4.06. The summed E-state index contributed by atoms with van der Waals surface area (Å²) < 4.78 is 5.77. The van der Waals surface area contributed by atoms with E-state index in [-0.39, 0.29) is 18.1 Å². The molecule has 0 spiro atoms. The van der Waals surface area contributed by atoms with E-state index >= 15 is 0 Å². The molecule has 1 unspecified atom stereocenters. The van der Waals surface area contributed by atoms with Crippen molar-refractivity contribution in [1.29, 1.82) is 5.41 Å². The largest absolute Gasteiger partial charge is 0.491 e. The number of nitrogens with one attached hydrogen (secondary N) is 1. The van der Waals surface area contributed by atoms with Gasteiger partial charge in [0.15, 0.2) is 0 Å². The van der Waals surface area contributed by atoms with Crippen LogP contribution in [0.15, 0.2) is 36.5 Å². The van der Waals surface area contributed by atoms with Gasteiger partial charge in [0, 0.05) is 54.6 Å². The summed E-state index contributed by atoms with van der Waals surface area (Å²) in [6.45, 7) is 8.22. The van der Waals surface area contributed by atoms with Gasteiger partial charge in [-0.2, -0.15) is 0 Å². The Morgan fingerprint density at radius 1 is 1.23 bits per heavy atom. The number of ether oxygens (including phenoxy) is 1. The zero-order valence-corrected chi connectivity index (χ0v) is 18.5. The molecule has 4 rings (SSSR count). The number of pyridine rings is 1. The van der Waals surface area contributed by atoms with Crippen molar-refractivity contribution in [2.24, 2.45) is 5.92 Å². The first-order valence-corrected chi connectivity index (χ1v) is 11.0. The second-order valence-corrected chi connectivity index (χ2v) is 8.79. The molecule has 1 aliphatic heterocycles. The standard InChI is InChI=1S/C24H31N5O2/c1-15(2)31-19-6-7-21(25)20(13-19)23(26)18-8-9-27-22(12-18)28-10-11-29(16(3)14-28)24(30)17-4-5-17/h6-9,12-13,15-17,26H,4-5,10-11,14,25H2,1-3H3. The number of nitrogens with two attached hydrogens (primary N) is 1. The number of anilines is 2. The van der Waals surface area contributed by atoms with E-state index in [0.717, 1.165) is 37.3 Å². The Hall–Kier alpha value is -3.09. The highest BCUT2D eigenvalue weighted by Gasteiger charge is 2.37. The minimum absolute atomic E-state index is 0.0469. The number of hydrogen-bond donors (Lipinski definition) is 2. The lowest BCUT2D eigenvalue weighted by Crippen LogP contribution is -2.54. The second-order valence-electron chi connectivity index (χ2n) is 8.79. The molecule has 1 saturated heterocycles. The van der Waals surface area contributed by atoms with Gasteiger partial charge < -0.3 is 20.3 Å². The van der Waals surface area contributed by atoms with Gasteiger partial charge in [-0.3, -0.25) is 10.2 Å². The maximum absolute atomic E-state index is 12.5. The van der Waals surface area contributed by atoms with Crippen LogP contribution in [0.3, 0.4) is 0 Å². The zero-order valence-electron chi connectivity index (χ0n) is 18.5. The molecule has 0 radical (unpaired) electrons. The number of amides is 1. The maximum atomic E-state index is 12.5. The van der Waals surface area contributed by atoms with Crippen molar-refractivity contribution in [2.75, 3.05) is 30.3 Å². The van der Waals surface area contributed by atoms with Crippen LogP contribution in [0.5, 0.6) is 5.75 Å². The molecule has 2 aromatic rings. The average Bonchev–Trinajstić information content (AvgIpc) is 3.59. The number of nitrogen functional groups attached to an aromatic ring is 1. The van der Waals surface area contributed by atoms with Gasteiger partial charge in [0.1, 0.15) is 11.6 Å². The summed E-state index contributed by atoms with van der Waals surface area (Å²) in [5.41, 5.74) is 8.45. The highest BCUT2D eigenvalue weighted by molar-refractivity contribution is 6.14. The van der Waals surface area contributed by atoms with E-state index in [4.69, 9.17) is 15.9 Å². The van der Waals surface area contributed by atoms with Crippen LogP contribution in [-0.4, -0.2) is 53.3 Å². The van der Waals surface area contributed by atoms with Gasteiger partial charge in [-0.25, -0.2) is 4.98 Å². The van der Waals surface area contributed by atoms with Crippen molar-refractivity contribution in [2.45, 2.75) is 45.8 Å². The minimum Gasteiger partial charge on any atom is -0.491 e. The van der Waals surface area contributed by atoms with E-state index in [2.05, 4.69) is 16.8 Å². The van der Waals surface area contributed by atoms with E-state index in [1.807, 2.05) is 43.0 Å². The predicted molar refractivity (Wildman–Crippen MR) is 123 cm³/mol. The molecule has 0 bridgehead atoms. The van der Waals surface area contributed by atoms with Crippen molar-refractivity contribution in [3.63, 3.8) is 0 Å². The molecule has 2 heterocycles. The summed E-state index contributed by atoms with van der Waals surface area (Å²) >= 11 is 0. The van der Waals surface area contributed by atoms with Gasteiger partial charge in [-0.1, -0.05) is 0 Å². The van der Waals surface area contributed by atoms with Gasteiger partial charge in [0.2, 0.25) is 5.91 Å². The molecule has 7 heteroatoms. The number of nitrogens with zero attached hydrogens (tertiary/aromatic N) is 3. The lowest BCUT2D eigenvalue weighted by Gasteiger charge is -2.40. The highest BCUT2D eigenvalue weighted by Crippen LogP contribution is 2.32. The number of aromatic nitrogens is 1. The number of carbonyl (C=O) groups is 1. The molecule has 2 fully saturated rings. The molecular formula is C24H31N5O2. The third-order valence-corrected chi connectivity index (χ3v) is 5.86. The highest BCUT2D eigenvalue weighted by atomic mass is 16.5.